The van der Waals surface area contributed by atoms with Crippen LogP contribution in [-0.2, 0) is 0 Å². The minimum atomic E-state index is 0.491. The van der Waals surface area contributed by atoms with Crippen molar-refractivity contribution in [3.63, 3.8) is 0 Å². The lowest BCUT2D eigenvalue weighted by atomic mass is 9.96. The zero-order valence-corrected chi connectivity index (χ0v) is 6.90. The van der Waals surface area contributed by atoms with Gasteiger partial charge in [-0.2, -0.15) is 0 Å². The zero-order chi connectivity index (χ0) is 8.39. The molecule has 0 spiro atoms. The SMILES string of the molecule is C=CCC1C=CC2=CC=NC2=C1. The Morgan fingerprint density at radius 1 is 1.58 bits per heavy atom. The number of rotatable bonds is 2. The van der Waals surface area contributed by atoms with E-state index in [0.29, 0.717) is 5.92 Å². The van der Waals surface area contributed by atoms with E-state index < -0.39 is 0 Å². The van der Waals surface area contributed by atoms with Gasteiger partial charge in [0.2, 0.25) is 0 Å². The van der Waals surface area contributed by atoms with Gasteiger partial charge in [-0.15, -0.1) is 6.58 Å². The van der Waals surface area contributed by atoms with Crippen LogP contribution in [0.1, 0.15) is 6.42 Å². The lowest BCUT2D eigenvalue weighted by Gasteiger charge is -2.11. The van der Waals surface area contributed by atoms with Crippen LogP contribution in [-0.4, -0.2) is 6.21 Å². The smallest absolute Gasteiger partial charge is 0.0668 e. The Morgan fingerprint density at radius 3 is 3.33 bits per heavy atom. The second kappa shape index (κ2) is 2.94. The summed E-state index contributed by atoms with van der Waals surface area (Å²) in [4.78, 5) is 4.25. The molecule has 0 amide bonds. The van der Waals surface area contributed by atoms with E-state index in [4.69, 9.17) is 0 Å². The Bertz CT molecular complexity index is 316. The van der Waals surface area contributed by atoms with Crippen molar-refractivity contribution in [3.8, 4) is 0 Å². The predicted molar refractivity (Wildman–Crippen MR) is 52.1 cm³/mol. The molecule has 0 saturated carbocycles. The predicted octanol–water partition coefficient (Wildman–Crippen LogP) is 2.64. The molecule has 0 radical (unpaired) electrons. The number of allylic oxidation sites excluding steroid dienone is 5. The molecule has 60 valence electrons. The number of hydrogen-bond acceptors (Lipinski definition) is 1. The highest BCUT2D eigenvalue weighted by molar-refractivity contribution is 5.81. The molecular formula is C11H11N. The largest absolute Gasteiger partial charge is 0.257 e. The van der Waals surface area contributed by atoms with E-state index in [9.17, 15) is 0 Å². The van der Waals surface area contributed by atoms with Crippen molar-refractivity contribution in [2.75, 3.05) is 0 Å². The minimum Gasteiger partial charge on any atom is -0.257 e. The van der Waals surface area contributed by atoms with E-state index in [1.165, 1.54) is 5.57 Å². The molecule has 1 nitrogen and oxygen atoms in total. The first kappa shape index (κ1) is 7.29. The third-order valence-corrected chi connectivity index (χ3v) is 2.10. The number of nitrogens with zero attached hydrogens (tertiary/aromatic N) is 1. The Balaban J connectivity index is 2.21. The normalized spacial score (nSPS) is 24.8. The molecule has 1 heteroatoms. The Hall–Kier alpha value is -1.37. The molecule has 12 heavy (non-hydrogen) atoms. The quantitative estimate of drug-likeness (QED) is 0.546. The molecule has 2 rings (SSSR count). The van der Waals surface area contributed by atoms with Crippen LogP contribution in [0.15, 0.2) is 53.2 Å². The van der Waals surface area contributed by atoms with Crippen molar-refractivity contribution in [3.05, 3.63) is 48.2 Å². The average molecular weight is 157 g/mol. The summed E-state index contributed by atoms with van der Waals surface area (Å²) >= 11 is 0. The molecule has 1 heterocycles. The monoisotopic (exact) mass is 157 g/mol. The fourth-order valence-electron chi connectivity index (χ4n) is 1.46. The summed E-state index contributed by atoms with van der Waals surface area (Å²) in [5, 5.41) is 0. The van der Waals surface area contributed by atoms with Crippen molar-refractivity contribution in [1.82, 2.24) is 0 Å². The van der Waals surface area contributed by atoms with Crippen LogP contribution >= 0.6 is 0 Å². The first-order valence-corrected chi connectivity index (χ1v) is 4.16. The lowest BCUT2D eigenvalue weighted by Crippen LogP contribution is -1.97. The summed E-state index contributed by atoms with van der Waals surface area (Å²) < 4.78 is 0. The molecule has 2 aliphatic rings. The maximum atomic E-state index is 4.25. The summed E-state index contributed by atoms with van der Waals surface area (Å²) in [7, 11) is 0. The highest BCUT2D eigenvalue weighted by Gasteiger charge is 2.12. The molecule has 0 saturated heterocycles. The molecule has 0 aromatic heterocycles. The molecule has 0 fully saturated rings. The van der Waals surface area contributed by atoms with Gasteiger partial charge >= 0.3 is 0 Å². The second-order valence-electron chi connectivity index (χ2n) is 3.00. The summed E-state index contributed by atoms with van der Waals surface area (Å²) in [6.45, 7) is 3.72. The fourth-order valence-corrected chi connectivity index (χ4v) is 1.46. The van der Waals surface area contributed by atoms with Gasteiger partial charge in [0.1, 0.15) is 0 Å². The van der Waals surface area contributed by atoms with Gasteiger partial charge in [0.25, 0.3) is 0 Å². The molecule has 1 aliphatic carbocycles. The van der Waals surface area contributed by atoms with Crippen LogP contribution in [0.25, 0.3) is 0 Å². The summed E-state index contributed by atoms with van der Waals surface area (Å²) in [6, 6.07) is 0. The maximum absolute atomic E-state index is 4.25. The van der Waals surface area contributed by atoms with Gasteiger partial charge in [0.05, 0.1) is 5.70 Å². The van der Waals surface area contributed by atoms with Gasteiger partial charge in [-0.05, 0) is 12.5 Å². The average Bonchev–Trinajstić information content (AvgIpc) is 2.51. The molecular weight excluding hydrogens is 146 g/mol. The first-order chi connectivity index (χ1) is 5.90. The highest BCUT2D eigenvalue weighted by Crippen LogP contribution is 2.26. The first-order valence-electron chi connectivity index (χ1n) is 4.16. The van der Waals surface area contributed by atoms with E-state index in [1.807, 2.05) is 18.4 Å². The number of fused-ring (bicyclic) bond motifs is 1. The van der Waals surface area contributed by atoms with Crippen LogP contribution in [0.4, 0.5) is 0 Å². The third-order valence-electron chi connectivity index (χ3n) is 2.10. The second-order valence-corrected chi connectivity index (χ2v) is 3.00. The van der Waals surface area contributed by atoms with Crippen molar-refractivity contribution in [1.29, 1.82) is 0 Å². The van der Waals surface area contributed by atoms with Crippen LogP contribution in [0.2, 0.25) is 0 Å². The zero-order valence-electron chi connectivity index (χ0n) is 6.90. The van der Waals surface area contributed by atoms with E-state index in [2.05, 4.69) is 29.8 Å². The Labute approximate surface area is 72.5 Å². The maximum Gasteiger partial charge on any atom is 0.0668 e. The van der Waals surface area contributed by atoms with Crippen LogP contribution in [0, 0.1) is 5.92 Å². The van der Waals surface area contributed by atoms with Gasteiger partial charge in [0.15, 0.2) is 0 Å². The van der Waals surface area contributed by atoms with Gasteiger partial charge in [-0.25, -0.2) is 0 Å². The van der Waals surface area contributed by atoms with Crippen molar-refractivity contribution >= 4 is 6.21 Å². The van der Waals surface area contributed by atoms with Crippen LogP contribution in [0.3, 0.4) is 0 Å². The molecule has 0 bridgehead atoms. The van der Waals surface area contributed by atoms with Gasteiger partial charge < -0.3 is 0 Å². The summed E-state index contributed by atoms with van der Waals surface area (Å²) in [6.07, 6.45) is 13.4. The fraction of sp³-hybridized carbons (Fsp3) is 0.182. The van der Waals surface area contributed by atoms with Gasteiger partial charge in [-0.3, -0.25) is 4.99 Å². The third kappa shape index (κ3) is 1.18. The number of hydrogen-bond donors (Lipinski definition) is 0. The molecule has 0 aromatic carbocycles. The molecule has 0 N–H and O–H groups in total. The number of aliphatic imine (C=N–C) groups is 1. The van der Waals surface area contributed by atoms with E-state index in [-0.39, 0.29) is 0 Å². The highest BCUT2D eigenvalue weighted by atomic mass is 14.8. The molecule has 1 unspecified atom stereocenters. The van der Waals surface area contributed by atoms with Crippen molar-refractivity contribution in [2.45, 2.75) is 6.42 Å². The molecule has 0 aromatic rings. The molecule has 1 aliphatic heterocycles. The van der Waals surface area contributed by atoms with Gasteiger partial charge in [0, 0.05) is 17.7 Å². The summed E-state index contributed by atoms with van der Waals surface area (Å²) in [5.41, 5.74) is 2.35. The lowest BCUT2D eigenvalue weighted by molar-refractivity contribution is 0.816. The van der Waals surface area contributed by atoms with Crippen molar-refractivity contribution < 1.29 is 0 Å². The topological polar surface area (TPSA) is 12.4 Å². The van der Waals surface area contributed by atoms with Gasteiger partial charge in [-0.1, -0.05) is 24.3 Å². The Morgan fingerprint density at radius 2 is 2.50 bits per heavy atom. The standard InChI is InChI=1S/C11H11N/c1-2-3-9-4-5-10-6-7-12-11(10)8-9/h2,4-9H,1,3H2. The molecule has 1 atom stereocenters. The van der Waals surface area contributed by atoms with E-state index in [1.54, 1.807) is 0 Å². The van der Waals surface area contributed by atoms with E-state index in [0.717, 1.165) is 12.1 Å². The Kier molecular flexibility index (Phi) is 1.78. The minimum absolute atomic E-state index is 0.491. The van der Waals surface area contributed by atoms with E-state index >= 15 is 0 Å². The van der Waals surface area contributed by atoms with Crippen molar-refractivity contribution in [2.24, 2.45) is 10.9 Å². The van der Waals surface area contributed by atoms with Crippen LogP contribution < -0.4 is 0 Å². The summed E-state index contributed by atoms with van der Waals surface area (Å²) in [5.74, 6) is 0.491. The van der Waals surface area contributed by atoms with Crippen LogP contribution in [0.5, 0.6) is 0 Å².